The third-order valence-corrected chi connectivity index (χ3v) is 9.41. The van der Waals surface area contributed by atoms with Crippen LogP contribution < -0.4 is 0 Å². The van der Waals surface area contributed by atoms with Gasteiger partial charge in [-0.05, 0) is 38.3 Å². The van der Waals surface area contributed by atoms with Crippen LogP contribution in [-0.4, -0.2) is 44.8 Å². The highest BCUT2D eigenvalue weighted by Gasteiger charge is 2.44. The maximum absolute atomic E-state index is 13.1. The smallest absolute Gasteiger partial charge is 0.403 e. The molecule has 0 spiro atoms. The van der Waals surface area contributed by atoms with Crippen LogP contribution in [0.4, 0.5) is 0 Å². The second-order valence-corrected chi connectivity index (χ2v) is 12.4. The molecule has 6 nitrogen and oxygen atoms in total. The number of nitrogens with zero attached hydrogens (tertiary/aromatic N) is 2. The lowest BCUT2D eigenvalue weighted by molar-refractivity contribution is -0.482. The van der Waals surface area contributed by atoms with Crippen molar-refractivity contribution in [2.45, 2.75) is 83.4 Å². The number of allylic oxidation sites excluding steroid dienone is 1. The Labute approximate surface area is 232 Å². The molecule has 2 heterocycles. The fourth-order valence-corrected chi connectivity index (χ4v) is 7.32. The van der Waals surface area contributed by atoms with E-state index in [9.17, 15) is 14.4 Å². The Morgan fingerprint density at radius 3 is 2.66 bits per heavy atom. The average molecular weight is 552 g/mol. The number of ketones is 2. The lowest BCUT2D eigenvalue weighted by Crippen LogP contribution is -2.23. The summed E-state index contributed by atoms with van der Waals surface area (Å²) in [5.74, 6) is 0.836. The van der Waals surface area contributed by atoms with Crippen LogP contribution in [0.15, 0.2) is 35.4 Å². The third-order valence-electron chi connectivity index (χ3n) is 7.37. The quantitative estimate of drug-likeness (QED) is 0.199. The predicted octanol–water partition coefficient (Wildman–Crippen LogP) is 5.84. The Kier molecular flexibility index (Phi) is 8.58. The van der Waals surface area contributed by atoms with E-state index in [0.29, 0.717) is 24.1 Å². The van der Waals surface area contributed by atoms with Crippen LogP contribution in [0.5, 0.6) is 0 Å². The summed E-state index contributed by atoms with van der Waals surface area (Å²) in [5.41, 5.74) is 4.24. The molecule has 0 unspecified atom stereocenters. The van der Waals surface area contributed by atoms with E-state index in [2.05, 4.69) is 4.58 Å². The molecule has 2 aliphatic carbocycles. The van der Waals surface area contributed by atoms with Gasteiger partial charge in [-0.1, -0.05) is 42.3 Å². The van der Waals surface area contributed by atoms with Crippen LogP contribution in [0, 0.1) is 12.8 Å². The first-order chi connectivity index (χ1) is 18.4. The van der Waals surface area contributed by atoms with Crippen LogP contribution in [0.1, 0.15) is 84.1 Å². The number of aromatic nitrogens is 1. The fraction of sp³-hybridized carbons (Fsp3) is 0.500. The molecule has 1 aliphatic heterocycles. The standard InChI is InChI=1S/C30H35N2O4S2/c1-3-36-30(35)26-12-13-28(32(26)23-10-11-23)38-18-22-17-37-27(31-22)16-24(33)15-21-9-8-19(2)14-25(21)29(34)20-6-4-5-7-20/h8-9,12,14,17,20,23H,3-7,10-11,13,15-16,18H2,1-2H3/q+1. The summed E-state index contributed by atoms with van der Waals surface area (Å²) in [7, 11) is 0. The molecule has 0 radical (unpaired) electrons. The zero-order valence-corrected chi connectivity index (χ0v) is 23.8. The molecule has 0 atom stereocenters. The second kappa shape index (κ2) is 12.1. The van der Waals surface area contributed by atoms with Gasteiger partial charge in [0, 0.05) is 48.0 Å². The largest absolute Gasteiger partial charge is 0.458 e. The van der Waals surface area contributed by atoms with Crippen molar-refractivity contribution in [2.75, 3.05) is 6.61 Å². The SMILES string of the molecule is CCOC(=O)C1=CCC(SCc2csc(CC(=O)Cc3ccc(C)cc3C(=O)C3CCCC3)n2)=[N+]1C1CC1. The molecule has 8 heteroatoms. The fourth-order valence-electron chi connectivity index (χ4n) is 5.34. The minimum Gasteiger partial charge on any atom is -0.458 e. The Morgan fingerprint density at radius 1 is 1.13 bits per heavy atom. The summed E-state index contributed by atoms with van der Waals surface area (Å²) in [6.07, 6.45) is 9.58. The van der Waals surface area contributed by atoms with E-state index in [-0.39, 0.29) is 36.3 Å². The summed E-state index contributed by atoms with van der Waals surface area (Å²) in [6, 6.07) is 6.28. The summed E-state index contributed by atoms with van der Waals surface area (Å²) < 4.78 is 7.41. The van der Waals surface area contributed by atoms with Gasteiger partial charge in [-0.25, -0.2) is 9.78 Å². The maximum atomic E-state index is 13.1. The lowest BCUT2D eigenvalue weighted by atomic mass is 9.90. The van der Waals surface area contributed by atoms with Crippen molar-refractivity contribution in [1.29, 1.82) is 0 Å². The van der Waals surface area contributed by atoms with Gasteiger partial charge in [-0.2, -0.15) is 4.58 Å². The number of rotatable bonds is 11. The van der Waals surface area contributed by atoms with Gasteiger partial charge in [-0.3, -0.25) is 9.59 Å². The molecule has 0 amide bonds. The zero-order chi connectivity index (χ0) is 26.6. The Hall–Kier alpha value is -2.58. The molecular formula is C30H35N2O4S2+. The Morgan fingerprint density at radius 2 is 1.92 bits per heavy atom. The van der Waals surface area contributed by atoms with E-state index in [1.54, 1.807) is 11.8 Å². The topological polar surface area (TPSA) is 76.3 Å². The van der Waals surface area contributed by atoms with Gasteiger partial charge in [0.25, 0.3) is 5.70 Å². The van der Waals surface area contributed by atoms with Crippen molar-refractivity contribution >= 4 is 45.7 Å². The monoisotopic (exact) mass is 551 g/mol. The second-order valence-electron chi connectivity index (χ2n) is 10.4. The van der Waals surface area contributed by atoms with Gasteiger partial charge in [-0.15, -0.1) is 11.3 Å². The highest BCUT2D eigenvalue weighted by molar-refractivity contribution is 8.13. The maximum Gasteiger partial charge on any atom is 0.403 e. The molecule has 1 aromatic carbocycles. The first-order valence-corrected chi connectivity index (χ1v) is 15.5. The number of benzene rings is 1. The minimum absolute atomic E-state index is 0.0798. The Balaban J connectivity index is 1.19. The number of esters is 1. The van der Waals surface area contributed by atoms with Gasteiger partial charge in [0.1, 0.15) is 10.8 Å². The highest BCUT2D eigenvalue weighted by atomic mass is 32.2. The molecule has 0 bridgehead atoms. The number of aryl methyl sites for hydroxylation is 1. The molecule has 0 N–H and O–H groups in total. The van der Waals surface area contributed by atoms with Crippen molar-refractivity contribution < 1.29 is 23.7 Å². The molecule has 38 heavy (non-hydrogen) atoms. The third kappa shape index (κ3) is 6.34. The van der Waals surface area contributed by atoms with Crippen molar-refractivity contribution in [3.8, 4) is 0 Å². The van der Waals surface area contributed by atoms with Gasteiger partial charge in [0.15, 0.2) is 11.8 Å². The molecule has 2 fully saturated rings. The molecule has 2 aromatic rings. The van der Waals surface area contributed by atoms with Gasteiger partial charge in [0.2, 0.25) is 5.04 Å². The van der Waals surface area contributed by atoms with Gasteiger partial charge < -0.3 is 4.74 Å². The summed E-state index contributed by atoms with van der Waals surface area (Å²) in [6.45, 7) is 4.20. The zero-order valence-electron chi connectivity index (χ0n) is 22.2. The summed E-state index contributed by atoms with van der Waals surface area (Å²) >= 11 is 3.22. The van der Waals surface area contributed by atoms with Crippen molar-refractivity contribution in [3.05, 3.63) is 62.7 Å². The van der Waals surface area contributed by atoms with E-state index in [4.69, 9.17) is 9.72 Å². The van der Waals surface area contributed by atoms with Crippen molar-refractivity contribution in [3.63, 3.8) is 0 Å². The number of carbonyl (C=O) groups excluding carboxylic acids is 3. The Bertz CT molecular complexity index is 1300. The number of hydrogen-bond acceptors (Lipinski definition) is 7. The van der Waals surface area contributed by atoms with E-state index < -0.39 is 0 Å². The molecule has 3 aliphatic rings. The molecule has 2 saturated carbocycles. The van der Waals surface area contributed by atoms with Crippen LogP contribution in [0.3, 0.4) is 0 Å². The molecule has 0 saturated heterocycles. The predicted molar refractivity (Wildman–Crippen MR) is 151 cm³/mol. The average Bonchev–Trinajstić information content (AvgIpc) is 3.26. The summed E-state index contributed by atoms with van der Waals surface area (Å²) in [4.78, 5) is 43.2. The lowest BCUT2D eigenvalue weighted by Gasteiger charge is -2.13. The van der Waals surface area contributed by atoms with Crippen LogP contribution >= 0.6 is 23.1 Å². The molecule has 200 valence electrons. The van der Waals surface area contributed by atoms with Gasteiger partial charge in [0.05, 0.1) is 25.1 Å². The minimum atomic E-state index is -0.244. The first-order valence-electron chi connectivity index (χ1n) is 13.7. The van der Waals surface area contributed by atoms with Crippen molar-refractivity contribution in [1.82, 2.24) is 4.98 Å². The number of ether oxygens (including phenoxy) is 1. The number of hydrogen-bond donors (Lipinski definition) is 0. The van der Waals surface area contributed by atoms with Gasteiger partial charge >= 0.3 is 5.97 Å². The van der Waals surface area contributed by atoms with E-state index in [0.717, 1.165) is 72.3 Å². The number of carbonyl (C=O) groups is 3. The number of thiazole rings is 1. The summed E-state index contributed by atoms with van der Waals surface area (Å²) in [5, 5.41) is 4.00. The number of thioether (sulfide) groups is 1. The van der Waals surface area contributed by atoms with Crippen LogP contribution in [0.25, 0.3) is 0 Å². The van der Waals surface area contributed by atoms with Crippen LogP contribution in [-0.2, 0) is 32.9 Å². The molecule has 5 rings (SSSR count). The van der Waals surface area contributed by atoms with E-state index in [1.165, 1.54) is 16.4 Å². The normalized spacial score (nSPS) is 17.7. The number of Topliss-reactive ketones (excluding diaryl/α,β-unsaturated/α-hetero) is 2. The van der Waals surface area contributed by atoms with Crippen LogP contribution in [0.2, 0.25) is 0 Å². The van der Waals surface area contributed by atoms with E-state index >= 15 is 0 Å². The first kappa shape index (κ1) is 27.0. The molecular weight excluding hydrogens is 516 g/mol. The van der Waals surface area contributed by atoms with E-state index in [1.807, 2.05) is 43.5 Å². The van der Waals surface area contributed by atoms with Crippen molar-refractivity contribution in [2.24, 2.45) is 5.92 Å². The highest BCUT2D eigenvalue weighted by Crippen LogP contribution is 2.34. The molecule has 1 aromatic heterocycles.